The van der Waals surface area contributed by atoms with E-state index >= 15 is 0 Å². The Labute approximate surface area is 91.4 Å². The van der Waals surface area contributed by atoms with Crippen molar-refractivity contribution in [3.05, 3.63) is 24.3 Å². The number of methoxy groups -OCH3 is 2. The van der Waals surface area contributed by atoms with E-state index in [2.05, 4.69) is 6.92 Å². The highest BCUT2D eigenvalue weighted by Gasteiger charge is 2.31. The van der Waals surface area contributed by atoms with E-state index in [1.807, 2.05) is 0 Å². The lowest BCUT2D eigenvalue weighted by atomic mass is 9.90. The molecule has 0 aromatic carbocycles. The Morgan fingerprint density at radius 2 is 1.60 bits per heavy atom. The van der Waals surface area contributed by atoms with Gasteiger partial charge in [0.25, 0.3) is 0 Å². The molecule has 1 N–H and O–H groups in total. The first-order chi connectivity index (χ1) is 7.10. The Morgan fingerprint density at radius 3 is 2.00 bits per heavy atom. The Bertz CT molecular complexity index is 236. The lowest BCUT2D eigenvalue weighted by Gasteiger charge is -2.31. The van der Waals surface area contributed by atoms with E-state index in [0.29, 0.717) is 0 Å². The first-order valence-corrected chi connectivity index (χ1v) is 5.33. The van der Waals surface area contributed by atoms with E-state index < -0.39 is 11.4 Å². The van der Waals surface area contributed by atoms with Gasteiger partial charge in [0.1, 0.15) is 5.60 Å². The Kier molecular flexibility index (Phi) is 4.08. The van der Waals surface area contributed by atoms with E-state index in [4.69, 9.17) is 9.47 Å². The van der Waals surface area contributed by atoms with Crippen molar-refractivity contribution in [3.8, 4) is 0 Å². The number of ether oxygens (including phenoxy) is 2. The first kappa shape index (κ1) is 12.4. The van der Waals surface area contributed by atoms with Crippen LogP contribution in [-0.4, -0.2) is 30.7 Å². The van der Waals surface area contributed by atoms with Crippen LogP contribution in [0.25, 0.3) is 0 Å². The molecule has 0 fully saturated rings. The van der Waals surface area contributed by atoms with Gasteiger partial charge in [-0.3, -0.25) is 0 Å². The van der Waals surface area contributed by atoms with Crippen LogP contribution in [0.3, 0.4) is 0 Å². The van der Waals surface area contributed by atoms with Crippen molar-refractivity contribution in [2.75, 3.05) is 14.2 Å². The summed E-state index contributed by atoms with van der Waals surface area (Å²) in [5.41, 5.74) is -0.837. The van der Waals surface area contributed by atoms with E-state index in [0.717, 1.165) is 19.3 Å². The summed E-state index contributed by atoms with van der Waals surface area (Å²) >= 11 is 0. The van der Waals surface area contributed by atoms with Crippen molar-refractivity contribution in [2.24, 2.45) is 0 Å². The van der Waals surface area contributed by atoms with Gasteiger partial charge in [0, 0.05) is 14.2 Å². The van der Waals surface area contributed by atoms with Gasteiger partial charge < -0.3 is 14.6 Å². The fourth-order valence-electron chi connectivity index (χ4n) is 1.61. The maximum Gasteiger partial charge on any atom is 0.207 e. The molecule has 0 bridgehead atoms. The maximum atomic E-state index is 10.1. The molecule has 15 heavy (non-hydrogen) atoms. The lowest BCUT2D eigenvalue weighted by molar-refractivity contribution is -0.136. The molecule has 0 aromatic rings. The predicted octanol–water partition coefficient (Wildman–Crippen LogP) is 2.02. The number of hydrogen-bond donors (Lipinski definition) is 1. The van der Waals surface area contributed by atoms with E-state index in [1.165, 1.54) is 0 Å². The molecule has 0 spiro atoms. The van der Waals surface area contributed by atoms with E-state index in [1.54, 1.807) is 38.5 Å². The summed E-state index contributed by atoms with van der Waals surface area (Å²) in [4.78, 5) is 0. The molecule has 3 nitrogen and oxygen atoms in total. The van der Waals surface area contributed by atoms with Crippen molar-refractivity contribution in [1.82, 2.24) is 0 Å². The minimum Gasteiger partial charge on any atom is -0.382 e. The molecule has 0 saturated carbocycles. The van der Waals surface area contributed by atoms with Gasteiger partial charge in [0.05, 0.1) is 0 Å². The summed E-state index contributed by atoms with van der Waals surface area (Å²) < 4.78 is 10.4. The van der Waals surface area contributed by atoms with Crippen molar-refractivity contribution >= 4 is 0 Å². The molecule has 0 atom stereocenters. The number of rotatable bonds is 5. The van der Waals surface area contributed by atoms with E-state index in [9.17, 15) is 5.11 Å². The zero-order chi connectivity index (χ0) is 11.4. The zero-order valence-corrected chi connectivity index (χ0v) is 9.69. The summed E-state index contributed by atoms with van der Waals surface area (Å²) in [6.45, 7) is 2.11. The van der Waals surface area contributed by atoms with Gasteiger partial charge in [-0.2, -0.15) is 0 Å². The highest BCUT2D eigenvalue weighted by Crippen LogP contribution is 2.28. The second-order valence-electron chi connectivity index (χ2n) is 3.89. The standard InChI is InChI=1S/C12H20O3/c1-4-5-6-11(13)7-9-12(14-2,15-3)10-8-11/h7-10,13H,4-6H2,1-3H3. The van der Waals surface area contributed by atoms with Crippen molar-refractivity contribution in [2.45, 2.75) is 37.6 Å². The fourth-order valence-corrected chi connectivity index (χ4v) is 1.61. The lowest BCUT2D eigenvalue weighted by Crippen LogP contribution is -2.36. The first-order valence-electron chi connectivity index (χ1n) is 5.33. The monoisotopic (exact) mass is 212 g/mol. The SMILES string of the molecule is CCCCC1(O)C=CC(OC)(OC)C=C1. The average Bonchev–Trinajstić information content (AvgIpc) is 2.29. The van der Waals surface area contributed by atoms with Crippen LogP contribution < -0.4 is 0 Å². The maximum absolute atomic E-state index is 10.1. The Morgan fingerprint density at radius 1 is 1.07 bits per heavy atom. The number of aliphatic hydroxyl groups is 1. The molecular weight excluding hydrogens is 192 g/mol. The van der Waals surface area contributed by atoms with Crippen LogP contribution in [0.5, 0.6) is 0 Å². The second-order valence-corrected chi connectivity index (χ2v) is 3.89. The van der Waals surface area contributed by atoms with Crippen LogP contribution >= 0.6 is 0 Å². The third-order valence-corrected chi connectivity index (χ3v) is 2.78. The molecule has 0 unspecified atom stereocenters. The Hall–Kier alpha value is -0.640. The highest BCUT2D eigenvalue weighted by atomic mass is 16.7. The predicted molar refractivity (Wildman–Crippen MR) is 59.5 cm³/mol. The topological polar surface area (TPSA) is 38.7 Å². The third-order valence-electron chi connectivity index (χ3n) is 2.78. The summed E-state index contributed by atoms with van der Waals surface area (Å²) in [5, 5.41) is 10.1. The smallest absolute Gasteiger partial charge is 0.207 e. The molecule has 86 valence electrons. The molecule has 0 amide bonds. The molecule has 0 saturated heterocycles. The van der Waals surface area contributed by atoms with Crippen LogP contribution in [-0.2, 0) is 9.47 Å². The minimum atomic E-state index is -0.837. The van der Waals surface area contributed by atoms with Gasteiger partial charge in [-0.05, 0) is 30.7 Å². The molecule has 1 aliphatic rings. The molecule has 0 aromatic heterocycles. The normalized spacial score (nSPS) is 21.9. The summed E-state index contributed by atoms with van der Waals surface area (Å²) in [6.07, 6.45) is 9.80. The molecular formula is C12H20O3. The van der Waals surface area contributed by atoms with Crippen LogP contribution in [0.4, 0.5) is 0 Å². The highest BCUT2D eigenvalue weighted by molar-refractivity contribution is 5.26. The van der Waals surface area contributed by atoms with Crippen molar-refractivity contribution in [1.29, 1.82) is 0 Å². The van der Waals surface area contributed by atoms with Crippen LogP contribution in [0.2, 0.25) is 0 Å². The number of hydrogen-bond acceptors (Lipinski definition) is 3. The minimum absolute atomic E-state index is 0.736. The number of unbranched alkanes of at least 4 members (excludes halogenated alkanes) is 1. The Balaban J connectivity index is 2.69. The molecule has 1 rings (SSSR count). The van der Waals surface area contributed by atoms with Crippen LogP contribution in [0, 0.1) is 0 Å². The van der Waals surface area contributed by atoms with Gasteiger partial charge in [-0.15, -0.1) is 0 Å². The van der Waals surface area contributed by atoms with Gasteiger partial charge in [-0.1, -0.05) is 19.8 Å². The largest absolute Gasteiger partial charge is 0.382 e. The van der Waals surface area contributed by atoms with Gasteiger partial charge in [0.15, 0.2) is 0 Å². The van der Waals surface area contributed by atoms with Crippen molar-refractivity contribution in [3.63, 3.8) is 0 Å². The van der Waals surface area contributed by atoms with Crippen LogP contribution in [0.15, 0.2) is 24.3 Å². The molecule has 1 aliphatic carbocycles. The second kappa shape index (κ2) is 4.92. The van der Waals surface area contributed by atoms with Crippen LogP contribution in [0.1, 0.15) is 26.2 Å². The molecule has 0 radical (unpaired) electrons. The zero-order valence-electron chi connectivity index (χ0n) is 9.69. The van der Waals surface area contributed by atoms with E-state index in [-0.39, 0.29) is 0 Å². The van der Waals surface area contributed by atoms with Crippen molar-refractivity contribution < 1.29 is 14.6 Å². The summed E-state index contributed by atoms with van der Waals surface area (Å²) in [6, 6.07) is 0. The third kappa shape index (κ3) is 2.91. The fraction of sp³-hybridized carbons (Fsp3) is 0.667. The van der Waals surface area contributed by atoms with Gasteiger partial charge in [0.2, 0.25) is 5.79 Å². The molecule has 0 heterocycles. The average molecular weight is 212 g/mol. The summed E-state index contributed by atoms with van der Waals surface area (Å²) in [5.74, 6) is -0.807. The molecule has 3 heteroatoms. The van der Waals surface area contributed by atoms with Gasteiger partial charge in [-0.25, -0.2) is 0 Å². The quantitative estimate of drug-likeness (QED) is 0.559. The molecule has 0 aliphatic heterocycles. The summed E-state index contributed by atoms with van der Waals surface area (Å²) in [7, 11) is 3.16. The van der Waals surface area contributed by atoms with Gasteiger partial charge >= 0.3 is 0 Å².